The Labute approximate surface area is 97.8 Å². The number of halogens is 1. The van der Waals surface area contributed by atoms with Crippen LogP contribution in [0.15, 0.2) is 33.7 Å². The van der Waals surface area contributed by atoms with E-state index >= 15 is 0 Å². The molecular weight excluding hydrogens is 224 g/mol. The van der Waals surface area contributed by atoms with E-state index in [-0.39, 0.29) is 0 Å². The fourth-order valence-electron chi connectivity index (χ4n) is 1.68. The van der Waals surface area contributed by atoms with Gasteiger partial charge in [-0.05, 0) is 24.3 Å². The average molecular weight is 233 g/mol. The molecule has 4 heteroatoms. The lowest BCUT2D eigenvalue weighted by molar-refractivity contribution is 0.517. The van der Waals surface area contributed by atoms with E-state index in [0.29, 0.717) is 10.9 Å². The van der Waals surface area contributed by atoms with Crippen LogP contribution < -0.4 is 0 Å². The molecule has 1 aromatic carbocycles. The normalized spacial score (nSPS) is 13.8. The summed E-state index contributed by atoms with van der Waals surface area (Å²) in [5, 5.41) is 0.710. The van der Waals surface area contributed by atoms with Gasteiger partial charge in [0.1, 0.15) is 11.5 Å². The van der Waals surface area contributed by atoms with Gasteiger partial charge >= 0.3 is 0 Å². The lowest BCUT2D eigenvalue weighted by Gasteiger charge is -1.98. The monoisotopic (exact) mass is 232 g/mol. The van der Waals surface area contributed by atoms with E-state index in [1.165, 1.54) is 0 Å². The number of nitrogens with zero attached hydrogens (tertiary/aromatic N) is 2. The van der Waals surface area contributed by atoms with Gasteiger partial charge < -0.3 is 4.42 Å². The van der Waals surface area contributed by atoms with E-state index in [2.05, 4.69) is 9.98 Å². The van der Waals surface area contributed by atoms with Crippen molar-refractivity contribution in [2.75, 3.05) is 6.54 Å². The molecule has 80 valence electrons. The van der Waals surface area contributed by atoms with Gasteiger partial charge in [-0.2, -0.15) is 0 Å². The van der Waals surface area contributed by atoms with Crippen LogP contribution in [0.2, 0.25) is 5.02 Å². The molecule has 3 rings (SSSR count). The Morgan fingerprint density at radius 3 is 2.75 bits per heavy atom. The molecule has 2 heterocycles. The Balaban J connectivity index is 2.04. The fourth-order valence-corrected chi connectivity index (χ4v) is 1.80. The number of hydrogen-bond donors (Lipinski definition) is 0. The molecule has 1 aliphatic rings. The number of fused-ring (bicyclic) bond motifs is 1. The van der Waals surface area contributed by atoms with Crippen LogP contribution in [-0.2, 0) is 6.42 Å². The summed E-state index contributed by atoms with van der Waals surface area (Å²) in [6, 6.07) is 7.45. The van der Waals surface area contributed by atoms with E-state index in [1.807, 2.05) is 24.3 Å². The van der Waals surface area contributed by atoms with E-state index in [9.17, 15) is 0 Å². The van der Waals surface area contributed by atoms with Gasteiger partial charge in [0.05, 0.1) is 6.21 Å². The smallest absolute Gasteiger partial charge is 0.226 e. The van der Waals surface area contributed by atoms with Gasteiger partial charge in [-0.1, -0.05) is 11.6 Å². The quantitative estimate of drug-likeness (QED) is 0.758. The van der Waals surface area contributed by atoms with E-state index in [4.69, 9.17) is 16.0 Å². The molecule has 1 aromatic heterocycles. The lowest BCUT2D eigenvalue weighted by atomic mass is 10.2. The van der Waals surface area contributed by atoms with Gasteiger partial charge in [-0.15, -0.1) is 0 Å². The molecule has 0 aliphatic carbocycles. The standard InChI is InChI=1S/C12H9ClN2O/c13-9-3-1-8(2-4-9)12-15-10-7-14-6-5-11(10)16-12/h1-4,7H,5-6H2. The summed E-state index contributed by atoms with van der Waals surface area (Å²) in [6.07, 6.45) is 2.59. The largest absolute Gasteiger partial charge is 0.440 e. The van der Waals surface area contributed by atoms with Crippen LogP contribution in [0.25, 0.3) is 11.5 Å². The molecule has 1 aliphatic heterocycles. The molecule has 0 spiro atoms. The van der Waals surface area contributed by atoms with E-state index < -0.39 is 0 Å². The number of aromatic nitrogens is 1. The minimum Gasteiger partial charge on any atom is -0.440 e. The van der Waals surface area contributed by atoms with Crippen molar-refractivity contribution >= 4 is 17.8 Å². The zero-order valence-electron chi connectivity index (χ0n) is 8.48. The highest BCUT2D eigenvalue weighted by molar-refractivity contribution is 6.30. The SMILES string of the molecule is Clc1ccc(-c2nc3c(o2)CCN=C3)cc1. The highest BCUT2D eigenvalue weighted by atomic mass is 35.5. The van der Waals surface area contributed by atoms with Crippen LogP contribution in [0.1, 0.15) is 11.5 Å². The maximum Gasteiger partial charge on any atom is 0.226 e. The third-order valence-corrected chi connectivity index (χ3v) is 2.75. The fraction of sp³-hybridized carbons (Fsp3) is 0.167. The van der Waals surface area contributed by atoms with Gasteiger partial charge in [-0.25, -0.2) is 4.98 Å². The topological polar surface area (TPSA) is 38.4 Å². The highest BCUT2D eigenvalue weighted by Crippen LogP contribution is 2.24. The van der Waals surface area contributed by atoms with Crippen LogP contribution >= 0.6 is 11.6 Å². The van der Waals surface area contributed by atoms with Crippen molar-refractivity contribution in [2.24, 2.45) is 4.99 Å². The molecule has 0 saturated carbocycles. The number of aliphatic imine (C=N–C) groups is 1. The summed E-state index contributed by atoms with van der Waals surface area (Å²) < 4.78 is 5.69. The van der Waals surface area contributed by atoms with Crippen LogP contribution in [0.3, 0.4) is 0 Å². The zero-order valence-corrected chi connectivity index (χ0v) is 9.24. The molecule has 0 fully saturated rings. The second-order valence-corrected chi connectivity index (χ2v) is 4.06. The van der Waals surface area contributed by atoms with Gasteiger partial charge in [0, 0.05) is 23.6 Å². The number of oxazole rings is 1. The molecule has 0 N–H and O–H groups in total. The van der Waals surface area contributed by atoms with Crippen LogP contribution in [0, 0.1) is 0 Å². The van der Waals surface area contributed by atoms with Crippen LogP contribution in [-0.4, -0.2) is 17.7 Å². The molecule has 0 bridgehead atoms. The first-order chi connectivity index (χ1) is 7.83. The molecule has 0 atom stereocenters. The zero-order chi connectivity index (χ0) is 11.0. The molecule has 16 heavy (non-hydrogen) atoms. The number of rotatable bonds is 1. The first kappa shape index (κ1) is 9.60. The summed E-state index contributed by atoms with van der Waals surface area (Å²) in [4.78, 5) is 8.56. The maximum atomic E-state index is 5.83. The molecule has 0 saturated heterocycles. The van der Waals surface area contributed by atoms with Crippen molar-refractivity contribution < 1.29 is 4.42 Å². The Hall–Kier alpha value is -1.61. The van der Waals surface area contributed by atoms with Gasteiger partial charge in [0.25, 0.3) is 0 Å². The Morgan fingerprint density at radius 1 is 1.19 bits per heavy atom. The maximum absolute atomic E-state index is 5.83. The molecular formula is C12H9ClN2O. The Kier molecular flexibility index (Phi) is 2.26. The van der Waals surface area contributed by atoms with E-state index in [1.54, 1.807) is 6.21 Å². The van der Waals surface area contributed by atoms with E-state index in [0.717, 1.165) is 30.0 Å². The predicted octanol–water partition coefficient (Wildman–Crippen LogP) is 2.97. The van der Waals surface area contributed by atoms with Gasteiger partial charge in [0.15, 0.2) is 0 Å². The van der Waals surface area contributed by atoms with Crippen LogP contribution in [0.4, 0.5) is 0 Å². The third-order valence-electron chi connectivity index (χ3n) is 2.50. The first-order valence-corrected chi connectivity index (χ1v) is 5.46. The summed E-state index contributed by atoms with van der Waals surface area (Å²) in [5.41, 5.74) is 1.78. The van der Waals surface area contributed by atoms with Crippen molar-refractivity contribution in [1.29, 1.82) is 0 Å². The summed E-state index contributed by atoms with van der Waals surface area (Å²) in [5.74, 6) is 1.55. The number of hydrogen-bond acceptors (Lipinski definition) is 3. The lowest BCUT2D eigenvalue weighted by Crippen LogP contribution is -1.99. The first-order valence-electron chi connectivity index (χ1n) is 5.08. The van der Waals surface area contributed by atoms with Crippen molar-refractivity contribution in [3.05, 3.63) is 40.7 Å². The molecule has 0 radical (unpaired) electrons. The molecule has 0 amide bonds. The third kappa shape index (κ3) is 1.63. The molecule has 0 unspecified atom stereocenters. The minimum atomic E-state index is 0.634. The minimum absolute atomic E-state index is 0.634. The molecule has 2 aromatic rings. The summed E-state index contributed by atoms with van der Waals surface area (Å²) in [7, 11) is 0. The van der Waals surface area contributed by atoms with Crippen LogP contribution in [0.5, 0.6) is 0 Å². The summed E-state index contributed by atoms with van der Waals surface area (Å²) >= 11 is 5.83. The average Bonchev–Trinajstić information content (AvgIpc) is 2.73. The van der Waals surface area contributed by atoms with Crippen molar-refractivity contribution in [3.63, 3.8) is 0 Å². The number of benzene rings is 1. The molecule has 3 nitrogen and oxygen atoms in total. The predicted molar refractivity (Wildman–Crippen MR) is 63.1 cm³/mol. The van der Waals surface area contributed by atoms with Gasteiger partial charge in [-0.3, -0.25) is 4.99 Å². The Morgan fingerprint density at radius 2 is 2.00 bits per heavy atom. The highest BCUT2D eigenvalue weighted by Gasteiger charge is 2.15. The second-order valence-electron chi connectivity index (χ2n) is 3.62. The van der Waals surface area contributed by atoms with Crippen molar-refractivity contribution in [1.82, 2.24) is 4.98 Å². The Bertz CT molecular complexity index is 543. The second kappa shape index (κ2) is 3.76. The van der Waals surface area contributed by atoms with Crippen molar-refractivity contribution in [3.8, 4) is 11.5 Å². The summed E-state index contributed by atoms with van der Waals surface area (Å²) in [6.45, 7) is 0.780. The van der Waals surface area contributed by atoms with Gasteiger partial charge in [0.2, 0.25) is 5.89 Å². The van der Waals surface area contributed by atoms with Crippen molar-refractivity contribution in [2.45, 2.75) is 6.42 Å².